The second kappa shape index (κ2) is 6.66. The van der Waals surface area contributed by atoms with E-state index < -0.39 is 22.4 Å². The number of hydrogen-bond donors (Lipinski definition) is 1. The molecule has 9 heteroatoms. The molecule has 0 unspecified atom stereocenters. The summed E-state index contributed by atoms with van der Waals surface area (Å²) in [5, 5.41) is 13.7. The van der Waals surface area contributed by atoms with Gasteiger partial charge in [-0.15, -0.1) is 0 Å². The molecule has 1 N–H and O–H groups in total. The van der Waals surface area contributed by atoms with Gasteiger partial charge in [0.2, 0.25) is 0 Å². The maximum absolute atomic E-state index is 13.0. The van der Waals surface area contributed by atoms with Crippen LogP contribution in [0.5, 0.6) is 0 Å². The number of nitro benzene ring substituents is 1. The Morgan fingerprint density at radius 1 is 1.23 bits per heavy atom. The fourth-order valence-corrected chi connectivity index (χ4v) is 2.82. The number of anilines is 1. The summed E-state index contributed by atoms with van der Waals surface area (Å²) in [6.07, 6.45) is -4.79. The summed E-state index contributed by atoms with van der Waals surface area (Å²) >= 11 is 0. The molecule has 0 aliphatic rings. The Balaban J connectivity index is 1.78. The van der Waals surface area contributed by atoms with E-state index in [1.165, 1.54) is 6.07 Å². The minimum absolute atomic E-state index is 0.171. The maximum atomic E-state index is 13.0. The van der Waals surface area contributed by atoms with Gasteiger partial charge in [0.15, 0.2) is 0 Å². The lowest BCUT2D eigenvalue weighted by molar-refractivity contribution is -0.388. The van der Waals surface area contributed by atoms with Gasteiger partial charge in [-0.3, -0.25) is 10.1 Å². The molecule has 0 atom stereocenters. The largest absolute Gasteiger partial charge is 0.423 e. The van der Waals surface area contributed by atoms with E-state index in [0.29, 0.717) is 13.1 Å². The summed E-state index contributed by atoms with van der Waals surface area (Å²) < 4.78 is 41.0. The minimum Gasteiger partial charge on any atom is -0.383 e. The van der Waals surface area contributed by atoms with Gasteiger partial charge in [0.05, 0.1) is 16.0 Å². The summed E-state index contributed by atoms with van der Waals surface area (Å²) in [4.78, 5) is 14.2. The van der Waals surface area contributed by atoms with Crippen molar-refractivity contribution in [3.8, 4) is 0 Å². The van der Waals surface area contributed by atoms with Crippen LogP contribution in [0.1, 0.15) is 11.4 Å². The number of nitrogens with zero attached hydrogens (tertiary/aromatic N) is 3. The van der Waals surface area contributed by atoms with Crippen LogP contribution in [0.2, 0.25) is 0 Å². The van der Waals surface area contributed by atoms with Crippen LogP contribution in [0.25, 0.3) is 11.0 Å². The van der Waals surface area contributed by atoms with Crippen LogP contribution in [-0.4, -0.2) is 21.0 Å². The molecule has 6 nitrogen and oxygen atoms in total. The summed E-state index contributed by atoms with van der Waals surface area (Å²) in [5.74, 6) is 0.799. The number of imidazole rings is 1. The number of hydrogen-bond acceptors (Lipinski definition) is 4. The van der Waals surface area contributed by atoms with Crippen molar-refractivity contribution >= 4 is 22.4 Å². The normalized spacial score (nSPS) is 11.7. The summed E-state index contributed by atoms with van der Waals surface area (Å²) in [6, 6.07) is 10.5. The molecule has 0 radical (unpaired) electrons. The Kier molecular flexibility index (Phi) is 4.54. The van der Waals surface area contributed by atoms with Crippen LogP contribution in [0.4, 0.5) is 24.5 Å². The average Bonchev–Trinajstić information content (AvgIpc) is 2.89. The van der Waals surface area contributed by atoms with Crippen molar-refractivity contribution in [2.75, 3.05) is 11.9 Å². The molecule has 0 saturated carbocycles. The number of benzene rings is 2. The third-order valence-corrected chi connectivity index (χ3v) is 4.01. The highest BCUT2D eigenvalue weighted by Crippen LogP contribution is 2.37. The summed E-state index contributed by atoms with van der Waals surface area (Å²) in [5.41, 5.74) is -0.271. The van der Waals surface area contributed by atoms with Crippen LogP contribution >= 0.6 is 0 Å². The number of alkyl halides is 3. The first kappa shape index (κ1) is 17.7. The fraction of sp³-hybridized carbons (Fsp3) is 0.235. The third-order valence-electron chi connectivity index (χ3n) is 4.01. The molecule has 2 aromatic carbocycles. The zero-order valence-electron chi connectivity index (χ0n) is 13.7. The maximum Gasteiger partial charge on any atom is 0.423 e. The van der Waals surface area contributed by atoms with Crippen LogP contribution in [0, 0.1) is 17.0 Å². The predicted octanol–water partition coefficient (Wildman–Crippen LogP) is 4.38. The molecular weight excluding hydrogens is 349 g/mol. The molecular formula is C17H15F3N4O2. The van der Waals surface area contributed by atoms with Crippen molar-refractivity contribution in [1.82, 2.24) is 9.55 Å². The van der Waals surface area contributed by atoms with Gasteiger partial charge in [0, 0.05) is 24.8 Å². The molecule has 26 heavy (non-hydrogen) atoms. The monoisotopic (exact) mass is 364 g/mol. The van der Waals surface area contributed by atoms with Gasteiger partial charge in [-0.25, -0.2) is 4.98 Å². The number of rotatable bonds is 5. The van der Waals surface area contributed by atoms with Gasteiger partial charge in [0.1, 0.15) is 11.4 Å². The molecule has 136 valence electrons. The molecule has 1 aromatic heterocycles. The van der Waals surface area contributed by atoms with E-state index in [0.717, 1.165) is 29.0 Å². The molecule has 0 saturated heterocycles. The van der Waals surface area contributed by atoms with Crippen molar-refractivity contribution in [3.05, 3.63) is 64.0 Å². The van der Waals surface area contributed by atoms with Crippen LogP contribution in [-0.2, 0) is 12.7 Å². The highest BCUT2D eigenvalue weighted by atomic mass is 19.4. The first-order valence-electron chi connectivity index (χ1n) is 7.79. The minimum atomic E-state index is -4.79. The van der Waals surface area contributed by atoms with Gasteiger partial charge in [-0.05, 0) is 31.2 Å². The zero-order chi connectivity index (χ0) is 18.9. The van der Waals surface area contributed by atoms with E-state index in [2.05, 4.69) is 10.3 Å². The van der Waals surface area contributed by atoms with Crippen molar-refractivity contribution in [3.63, 3.8) is 0 Å². The third kappa shape index (κ3) is 3.46. The predicted molar refractivity (Wildman–Crippen MR) is 91.1 cm³/mol. The first-order valence-corrected chi connectivity index (χ1v) is 7.79. The van der Waals surface area contributed by atoms with Crippen molar-refractivity contribution in [2.45, 2.75) is 19.6 Å². The lowest BCUT2D eigenvalue weighted by Gasteiger charge is -2.12. The number of aryl methyl sites for hydroxylation is 1. The quantitative estimate of drug-likeness (QED) is 0.538. The van der Waals surface area contributed by atoms with Crippen molar-refractivity contribution in [1.29, 1.82) is 0 Å². The van der Waals surface area contributed by atoms with Gasteiger partial charge in [0.25, 0.3) is 5.69 Å². The first-order chi connectivity index (χ1) is 12.3. The second-order valence-corrected chi connectivity index (χ2v) is 5.71. The van der Waals surface area contributed by atoms with Crippen molar-refractivity contribution in [2.24, 2.45) is 0 Å². The molecule has 0 amide bonds. The van der Waals surface area contributed by atoms with Gasteiger partial charge in [-0.2, -0.15) is 13.2 Å². The van der Waals surface area contributed by atoms with Crippen LogP contribution in [0.15, 0.2) is 42.5 Å². The summed E-state index contributed by atoms with van der Waals surface area (Å²) in [6.45, 7) is 2.69. The lowest BCUT2D eigenvalue weighted by Crippen LogP contribution is -2.13. The smallest absolute Gasteiger partial charge is 0.383 e. The van der Waals surface area contributed by atoms with E-state index in [-0.39, 0.29) is 5.69 Å². The van der Waals surface area contributed by atoms with Gasteiger partial charge < -0.3 is 9.88 Å². The second-order valence-electron chi connectivity index (χ2n) is 5.71. The zero-order valence-corrected chi connectivity index (χ0v) is 13.7. The van der Waals surface area contributed by atoms with Gasteiger partial charge in [-0.1, -0.05) is 12.1 Å². The average molecular weight is 364 g/mol. The SMILES string of the molecule is Cc1nc2ccccc2n1CCNc1ccc([N+](=O)[O-])c(C(F)(F)F)c1. The number of fused-ring (bicyclic) bond motifs is 1. The van der Waals surface area contributed by atoms with Crippen LogP contribution < -0.4 is 5.32 Å². The molecule has 3 aromatic rings. The Labute approximate surface area is 146 Å². The number of nitrogens with one attached hydrogen (secondary N) is 1. The molecule has 0 spiro atoms. The Hall–Kier alpha value is -3.10. The topological polar surface area (TPSA) is 73.0 Å². The Morgan fingerprint density at radius 2 is 1.96 bits per heavy atom. The number of para-hydroxylation sites is 2. The van der Waals surface area contributed by atoms with Crippen molar-refractivity contribution < 1.29 is 18.1 Å². The van der Waals surface area contributed by atoms with E-state index in [4.69, 9.17) is 0 Å². The molecule has 1 heterocycles. The van der Waals surface area contributed by atoms with E-state index in [9.17, 15) is 23.3 Å². The Bertz CT molecular complexity index is 966. The summed E-state index contributed by atoms with van der Waals surface area (Å²) in [7, 11) is 0. The van der Waals surface area contributed by atoms with Gasteiger partial charge >= 0.3 is 6.18 Å². The fourth-order valence-electron chi connectivity index (χ4n) is 2.82. The Morgan fingerprint density at radius 3 is 2.65 bits per heavy atom. The molecule has 0 aliphatic carbocycles. The highest BCUT2D eigenvalue weighted by Gasteiger charge is 2.38. The van der Waals surface area contributed by atoms with E-state index >= 15 is 0 Å². The van der Waals surface area contributed by atoms with E-state index in [1.807, 2.05) is 35.8 Å². The van der Waals surface area contributed by atoms with Crippen LogP contribution in [0.3, 0.4) is 0 Å². The molecule has 0 aliphatic heterocycles. The highest BCUT2D eigenvalue weighted by molar-refractivity contribution is 5.75. The number of nitro groups is 1. The lowest BCUT2D eigenvalue weighted by atomic mass is 10.1. The number of halogens is 3. The molecule has 0 fully saturated rings. The number of aromatic nitrogens is 2. The van der Waals surface area contributed by atoms with E-state index in [1.54, 1.807) is 0 Å². The molecule has 3 rings (SSSR count). The standard InChI is InChI=1S/C17H15F3N4O2/c1-11-22-14-4-2-3-5-16(14)23(11)9-8-21-12-6-7-15(24(25)26)13(10-12)17(18,19)20/h2-7,10,21H,8-9H2,1H3. The molecule has 0 bridgehead atoms.